The van der Waals surface area contributed by atoms with E-state index in [1.54, 1.807) is 41.1 Å². The summed E-state index contributed by atoms with van der Waals surface area (Å²) in [5.41, 5.74) is 3.43. The van der Waals surface area contributed by atoms with Crippen molar-refractivity contribution in [1.29, 1.82) is 0 Å². The molecule has 0 radical (unpaired) electrons. The Labute approximate surface area is 157 Å². The molecule has 0 fully saturated rings. The van der Waals surface area contributed by atoms with Gasteiger partial charge >= 0.3 is 0 Å². The first-order chi connectivity index (χ1) is 12.5. The van der Waals surface area contributed by atoms with Crippen LogP contribution in [0.3, 0.4) is 0 Å². The zero-order valence-electron chi connectivity index (χ0n) is 14.6. The molecule has 0 saturated carbocycles. The molecule has 1 aromatic carbocycles. The Balaban J connectivity index is 1.77. The molecule has 2 heterocycles. The van der Waals surface area contributed by atoms with Crippen LogP contribution in [0, 0.1) is 6.92 Å². The lowest BCUT2D eigenvalue weighted by atomic mass is 10.3. The van der Waals surface area contributed by atoms with Crippen LogP contribution >= 0.6 is 11.3 Å². The predicted octanol–water partition coefficient (Wildman–Crippen LogP) is 3.67. The van der Waals surface area contributed by atoms with Crippen molar-refractivity contribution in [2.45, 2.75) is 25.3 Å². The molecular formula is C18H20N4O2S2. The van der Waals surface area contributed by atoms with Gasteiger partial charge in [0, 0.05) is 17.6 Å². The Morgan fingerprint density at radius 1 is 1.12 bits per heavy atom. The van der Waals surface area contributed by atoms with E-state index in [0.717, 1.165) is 10.6 Å². The van der Waals surface area contributed by atoms with Crippen molar-refractivity contribution in [3.63, 3.8) is 0 Å². The maximum absolute atomic E-state index is 12.9. The highest BCUT2D eigenvalue weighted by Gasteiger charge is 2.23. The van der Waals surface area contributed by atoms with Gasteiger partial charge < -0.3 is 5.32 Å². The lowest BCUT2D eigenvalue weighted by molar-refractivity contribution is 0.591. The van der Waals surface area contributed by atoms with E-state index in [9.17, 15) is 8.42 Å². The molecular weight excluding hydrogens is 368 g/mol. The van der Waals surface area contributed by atoms with Crippen molar-refractivity contribution >= 4 is 32.9 Å². The normalized spacial score (nSPS) is 11.3. The summed E-state index contributed by atoms with van der Waals surface area (Å²) in [4.78, 5) is 9.76. The molecule has 8 heteroatoms. The van der Waals surface area contributed by atoms with E-state index in [0.29, 0.717) is 24.6 Å². The van der Waals surface area contributed by atoms with Crippen molar-refractivity contribution in [1.82, 2.24) is 9.97 Å². The van der Waals surface area contributed by atoms with E-state index >= 15 is 0 Å². The number of pyridine rings is 1. The van der Waals surface area contributed by atoms with Gasteiger partial charge in [0.25, 0.3) is 10.0 Å². The highest BCUT2D eigenvalue weighted by Crippen LogP contribution is 2.23. The van der Waals surface area contributed by atoms with Crippen LogP contribution in [0.2, 0.25) is 0 Å². The third-order valence-electron chi connectivity index (χ3n) is 3.93. The van der Waals surface area contributed by atoms with Crippen LogP contribution in [0.5, 0.6) is 0 Å². The molecule has 0 bridgehead atoms. The second-order valence-electron chi connectivity index (χ2n) is 5.60. The SMILES string of the molecule is CCN(c1ccccc1)S(=O)(=O)c1ccc(NCc2scnc2C)nc1. The summed E-state index contributed by atoms with van der Waals surface area (Å²) in [6.07, 6.45) is 1.39. The van der Waals surface area contributed by atoms with Crippen LogP contribution in [-0.4, -0.2) is 24.9 Å². The van der Waals surface area contributed by atoms with E-state index in [1.165, 1.54) is 10.5 Å². The van der Waals surface area contributed by atoms with Crippen LogP contribution < -0.4 is 9.62 Å². The van der Waals surface area contributed by atoms with E-state index < -0.39 is 10.0 Å². The molecule has 0 aliphatic heterocycles. The highest BCUT2D eigenvalue weighted by atomic mass is 32.2. The number of hydrogen-bond donors (Lipinski definition) is 1. The van der Waals surface area contributed by atoms with E-state index in [4.69, 9.17) is 0 Å². The van der Waals surface area contributed by atoms with Gasteiger partial charge in [-0.25, -0.2) is 18.4 Å². The molecule has 26 heavy (non-hydrogen) atoms. The number of nitrogens with one attached hydrogen (secondary N) is 1. The van der Waals surface area contributed by atoms with E-state index in [1.807, 2.05) is 32.0 Å². The minimum Gasteiger partial charge on any atom is -0.365 e. The standard InChI is InChI=1S/C18H20N4O2S2/c1-3-22(15-7-5-4-6-8-15)26(23,24)16-9-10-18(19-11-16)20-12-17-14(2)21-13-25-17/h4-11,13H,3,12H2,1-2H3,(H,19,20). The molecule has 3 rings (SSSR count). The van der Waals surface area contributed by atoms with Crippen LogP contribution in [0.4, 0.5) is 11.5 Å². The van der Waals surface area contributed by atoms with Crippen molar-refractivity contribution in [2.24, 2.45) is 0 Å². The van der Waals surface area contributed by atoms with Gasteiger partial charge in [-0.05, 0) is 38.1 Å². The summed E-state index contributed by atoms with van der Waals surface area (Å²) < 4.78 is 27.2. The molecule has 0 unspecified atom stereocenters. The number of hydrogen-bond acceptors (Lipinski definition) is 6. The molecule has 0 aliphatic carbocycles. The molecule has 2 aromatic heterocycles. The zero-order chi connectivity index (χ0) is 18.6. The lowest BCUT2D eigenvalue weighted by Gasteiger charge is -2.22. The second kappa shape index (κ2) is 7.84. The fraction of sp³-hybridized carbons (Fsp3) is 0.222. The number of para-hydroxylation sites is 1. The number of aromatic nitrogens is 2. The minimum absolute atomic E-state index is 0.169. The fourth-order valence-corrected chi connectivity index (χ4v) is 4.65. The molecule has 1 N–H and O–H groups in total. The largest absolute Gasteiger partial charge is 0.365 e. The molecule has 0 atom stereocenters. The quantitative estimate of drug-likeness (QED) is 0.668. The summed E-state index contributed by atoms with van der Waals surface area (Å²) in [5.74, 6) is 0.625. The summed E-state index contributed by atoms with van der Waals surface area (Å²) >= 11 is 1.58. The summed E-state index contributed by atoms with van der Waals surface area (Å²) in [5, 5.41) is 3.19. The fourth-order valence-electron chi connectivity index (χ4n) is 2.52. The average molecular weight is 389 g/mol. The topological polar surface area (TPSA) is 75.2 Å². The van der Waals surface area contributed by atoms with Gasteiger partial charge in [0.15, 0.2) is 0 Å². The van der Waals surface area contributed by atoms with Gasteiger partial charge in [-0.2, -0.15) is 0 Å². The molecule has 6 nitrogen and oxygen atoms in total. The number of rotatable bonds is 7. The first kappa shape index (κ1) is 18.3. The zero-order valence-corrected chi connectivity index (χ0v) is 16.2. The number of nitrogens with zero attached hydrogens (tertiary/aromatic N) is 3. The Bertz CT molecular complexity index is 954. The Morgan fingerprint density at radius 3 is 2.46 bits per heavy atom. The smallest absolute Gasteiger partial charge is 0.265 e. The summed E-state index contributed by atoms with van der Waals surface area (Å²) in [6.45, 7) is 4.72. The van der Waals surface area contributed by atoms with Crippen molar-refractivity contribution < 1.29 is 8.42 Å². The second-order valence-corrected chi connectivity index (χ2v) is 8.40. The molecule has 0 spiro atoms. The van der Waals surface area contributed by atoms with Gasteiger partial charge in [-0.1, -0.05) is 18.2 Å². The van der Waals surface area contributed by atoms with Crippen molar-refractivity contribution in [3.05, 3.63) is 64.7 Å². The van der Waals surface area contributed by atoms with Gasteiger partial charge in [0.1, 0.15) is 10.7 Å². The first-order valence-electron chi connectivity index (χ1n) is 8.19. The van der Waals surface area contributed by atoms with Crippen LogP contribution in [0.15, 0.2) is 59.1 Å². The van der Waals surface area contributed by atoms with Crippen LogP contribution in [0.25, 0.3) is 0 Å². The molecule has 0 saturated heterocycles. The van der Waals surface area contributed by atoms with Crippen LogP contribution in [-0.2, 0) is 16.6 Å². The lowest BCUT2D eigenvalue weighted by Crippen LogP contribution is -2.30. The summed E-state index contributed by atoms with van der Waals surface area (Å²) in [7, 11) is -3.65. The van der Waals surface area contributed by atoms with E-state index in [-0.39, 0.29) is 4.90 Å². The number of sulfonamides is 1. The molecule has 136 valence electrons. The van der Waals surface area contributed by atoms with E-state index in [2.05, 4.69) is 15.3 Å². The van der Waals surface area contributed by atoms with Gasteiger partial charge in [0.2, 0.25) is 0 Å². The third kappa shape index (κ3) is 3.86. The monoisotopic (exact) mass is 388 g/mol. The first-order valence-corrected chi connectivity index (χ1v) is 10.5. The van der Waals surface area contributed by atoms with Crippen molar-refractivity contribution in [2.75, 3.05) is 16.2 Å². The predicted molar refractivity (Wildman–Crippen MR) is 105 cm³/mol. The highest BCUT2D eigenvalue weighted by molar-refractivity contribution is 7.92. The third-order valence-corrected chi connectivity index (χ3v) is 6.75. The van der Waals surface area contributed by atoms with Gasteiger partial charge in [-0.15, -0.1) is 11.3 Å². The summed E-state index contributed by atoms with van der Waals surface area (Å²) in [6, 6.07) is 12.3. The average Bonchev–Trinajstić information content (AvgIpc) is 3.06. The number of benzene rings is 1. The van der Waals surface area contributed by atoms with Gasteiger partial charge in [-0.3, -0.25) is 4.31 Å². The molecule has 3 aromatic rings. The minimum atomic E-state index is -3.65. The maximum Gasteiger partial charge on any atom is 0.265 e. The Morgan fingerprint density at radius 2 is 1.88 bits per heavy atom. The number of aryl methyl sites for hydroxylation is 1. The number of anilines is 2. The van der Waals surface area contributed by atoms with Crippen molar-refractivity contribution in [3.8, 4) is 0 Å². The Hall–Kier alpha value is -2.45. The Kier molecular flexibility index (Phi) is 5.53. The molecule has 0 amide bonds. The van der Waals surface area contributed by atoms with Gasteiger partial charge in [0.05, 0.1) is 23.4 Å². The maximum atomic E-state index is 12.9. The number of thiazole rings is 1. The molecule has 0 aliphatic rings. The van der Waals surface area contributed by atoms with Crippen LogP contribution in [0.1, 0.15) is 17.5 Å².